The molecule has 1 nitrogen and oxygen atoms in total. The minimum Gasteiger partial charge on any atom is -0.308 e. The van der Waals surface area contributed by atoms with Gasteiger partial charge in [0.05, 0.1) is 6.10 Å². The molecule has 3 heteroatoms. The largest absolute Gasteiger partial charge is 0.308 e. The van der Waals surface area contributed by atoms with Crippen molar-refractivity contribution in [3.63, 3.8) is 0 Å². The number of hydrogen-bond donors (Lipinski definition) is 0. The Morgan fingerprint density at radius 1 is 1.46 bits per heavy atom. The van der Waals surface area contributed by atoms with Crippen molar-refractivity contribution in [3.8, 4) is 0 Å². The van der Waals surface area contributed by atoms with Crippen LogP contribution in [0.3, 0.4) is 0 Å². The van der Waals surface area contributed by atoms with Crippen LogP contribution in [0.1, 0.15) is 30.1 Å². The predicted molar refractivity (Wildman–Crippen MR) is 57.2 cm³/mol. The molecule has 1 unspecified atom stereocenters. The van der Waals surface area contributed by atoms with Gasteiger partial charge in [-0.15, -0.1) is 0 Å². The number of benzene rings is 1. The van der Waals surface area contributed by atoms with Gasteiger partial charge in [-0.05, 0) is 36.5 Å². The van der Waals surface area contributed by atoms with Gasteiger partial charge in [0.1, 0.15) is 28.8 Å². The Morgan fingerprint density at radius 2 is 2.31 bits per heavy atom. The van der Waals surface area contributed by atoms with Crippen LogP contribution < -0.4 is 0 Å². The molecule has 13 heavy (non-hydrogen) atoms. The first-order valence-electron chi connectivity index (χ1n) is 4.37. The lowest BCUT2D eigenvalue weighted by Gasteiger charge is -2.23. The highest BCUT2D eigenvalue weighted by Crippen LogP contribution is 2.34. The summed E-state index contributed by atoms with van der Waals surface area (Å²) in [6.07, 6.45) is 2.94. The third kappa shape index (κ3) is 1.72. The molecular formula is C10H10FIO. The predicted octanol–water partition coefficient (Wildman–Crippen LogP) is 3.57. The van der Waals surface area contributed by atoms with Gasteiger partial charge >= 0.3 is 0 Å². The van der Waals surface area contributed by atoms with Crippen LogP contribution in [0.2, 0.25) is 0 Å². The van der Waals surface area contributed by atoms with Crippen molar-refractivity contribution in [2.24, 2.45) is 0 Å². The molecule has 0 aromatic heterocycles. The molecule has 0 spiro atoms. The maximum atomic E-state index is 13.3. The van der Waals surface area contributed by atoms with Crippen molar-refractivity contribution in [3.05, 3.63) is 35.1 Å². The van der Waals surface area contributed by atoms with E-state index in [4.69, 9.17) is 3.07 Å². The van der Waals surface area contributed by atoms with Gasteiger partial charge in [-0.1, -0.05) is 12.1 Å². The molecule has 1 aliphatic carbocycles. The molecule has 0 aliphatic heterocycles. The van der Waals surface area contributed by atoms with Gasteiger partial charge in [-0.2, -0.15) is 0 Å². The zero-order chi connectivity index (χ0) is 9.26. The summed E-state index contributed by atoms with van der Waals surface area (Å²) in [5, 5.41) is 0. The lowest BCUT2D eigenvalue weighted by Crippen LogP contribution is -2.11. The molecule has 1 atom stereocenters. The molecule has 0 N–H and O–H groups in total. The summed E-state index contributed by atoms with van der Waals surface area (Å²) in [5.74, 6) is -0.0874. The van der Waals surface area contributed by atoms with Crippen LogP contribution >= 0.6 is 23.0 Å². The minimum atomic E-state index is -0.0874. The SMILES string of the molecule is Fc1cccc2c1CCCC2OI. The van der Waals surface area contributed by atoms with E-state index >= 15 is 0 Å². The third-order valence-corrected chi connectivity index (χ3v) is 3.12. The fourth-order valence-electron chi connectivity index (χ4n) is 1.85. The second-order valence-corrected chi connectivity index (χ2v) is 3.79. The number of hydrogen-bond acceptors (Lipinski definition) is 1. The topological polar surface area (TPSA) is 9.23 Å². The van der Waals surface area contributed by atoms with E-state index in [2.05, 4.69) is 0 Å². The van der Waals surface area contributed by atoms with E-state index in [1.54, 1.807) is 6.07 Å². The maximum absolute atomic E-state index is 13.3. The first-order valence-corrected chi connectivity index (χ1v) is 5.25. The zero-order valence-electron chi connectivity index (χ0n) is 7.09. The van der Waals surface area contributed by atoms with Gasteiger partial charge in [-0.3, -0.25) is 0 Å². The fraction of sp³-hybridized carbons (Fsp3) is 0.400. The fourth-order valence-corrected chi connectivity index (χ4v) is 2.38. The molecule has 2 rings (SSSR count). The van der Waals surface area contributed by atoms with Crippen LogP contribution in [0.4, 0.5) is 4.39 Å². The van der Waals surface area contributed by atoms with Crippen LogP contribution in [-0.2, 0) is 9.49 Å². The molecular weight excluding hydrogens is 282 g/mol. The van der Waals surface area contributed by atoms with Crippen molar-refractivity contribution in [2.45, 2.75) is 25.4 Å². The van der Waals surface area contributed by atoms with Crippen molar-refractivity contribution in [2.75, 3.05) is 0 Å². The molecule has 1 aromatic rings. The summed E-state index contributed by atoms with van der Waals surface area (Å²) >= 11 is 1.89. The normalized spacial score (nSPS) is 21.2. The van der Waals surface area contributed by atoms with Crippen LogP contribution in [0.15, 0.2) is 18.2 Å². The Hall–Kier alpha value is -0.160. The first kappa shape index (κ1) is 9.40. The lowest BCUT2D eigenvalue weighted by atomic mass is 9.89. The van der Waals surface area contributed by atoms with Gasteiger partial charge in [0.15, 0.2) is 0 Å². The van der Waals surface area contributed by atoms with E-state index in [1.807, 2.05) is 29.1 Å². The van der Waals surface area contributed by atoms with Crippen molar-refractivity contribution in [1.29, 1.82) is 0 Å². The summed E-state index contributed by atoms with van der Waals surface area (Å²) in [6, 6.07) is 5.23. The van der Waals surface area contributed by atoms with Crippen molar-refractivity contribution in [1.82, 2.24) is 0 Å². The van der Waals surface area contributed by atoms with Crippen LogP contribution in [-0.4, -0.2) is 0 Å². The summed E-state index contributed by atoms with van der Waals surface area (Å²) in [6.45, 7) is 0. The van der Waals surface area contributed by atoms with E-state index in [0.717, 1.165) is 30.4 Å². The molecule has 0 saturated carbocycles. The zero-order valence-corrected chi connectivity index (χ0v) is 9.25. The first-order chi connectivity index (χ1) is 6.33. The standard InChI is InChI=1S/C10H10FIO/c11-9-5-1-4-8-7(9)3-2-6-10(8)13-12/h1,4-5,10H,2-3,6H2. The quantitative estimate of drug-likeness (QED) is 0.719. The monoisotopic (exact) mass is 292 g/mol. The van der Waals surface area contributed by atoms with E-state index in [9.17, 15) is 4.39 Å². The molecule has 1 aromatic carbocycles. The average Bonchev–Trinajstić information content (AvgIpc) is 2.18. The summed E-state index contributed by atoms with van der Waals surface area (Å²) in [5.41, 5.74) is 1.87. The van der Waals surface area contributed by atoms with Crippen molar-refractivity contribution >= 4 is 23.0 Å². The van der Waals surface area contributed by atoms with Gasteiger partial charge < -0.3 is 3.07 Å². The maximum Gasteiger partial charge on any atom is 0.126 e. The average molecular weight is 292 g/mol. The molecule has 0 radical (unpaired) electrons. The Balaban J connectivity index is 2.45. The van der Waals surface area contributed by atoms with Crippen LogP contribution in [0.25, 0.3) is 0 Å². The molecule has 70 valence electrons. The molecule has 0 fully saturated rings. The molecule has 0 heterocycles. The van der Waals surface area contributed by atoms with Crippen LogP contribution in [0.5, 0.6) is 0 Å². The Labute approximate surface area is 91.0 Å². The summed E-state index contributed by atoms with van der Waals surface area (Å²) in [7, 11) is 0. The number of halogens is 2. The van der Waals surface area contributed by atoms with Crippen LogP contribution in [0, 0.1) is 5.82 Å². The van der Waals surface area contributed by atoms with E-state index in [1.165, 1.54) is 6.07 Å². The minimum absolute atomic E-state index is 0.0834. The Bertz CT molecular complexity index is 314. The van der Waals surface area contributed by atoms with Gasteiger partial charge in [-0.25, -0.2) is 4.39 Å². The number of fused-ring (bicyclic) bond motifs is 1. The Kier molecular flexibility index (Phi) is 2.83. The van der Waals surface area contributed by atoms with Gasteiger partial charge in [0.25, 0.3) is 0 Å². The molecule has 1 aliphatic rings. The third-order valence-electron chi connectivity index (χ3n) is 2.50. The van der Waals surface area contributed by atoms with E-state index < -0.39 is 0 Å². The molecule has 0 amide bonds. The van der Waals surface area contributed by atoms with E-state index in [-0.39, 0.29) is 11.9 Å². The number of rotatable bonds is 1. The highest BCUT2D eigenvalue weighted by molar-refractivity contribution is 14.1. The Morgan fingerprint density at radius 3 is 3.08 bits per heavy atom. The van der Waals surface area contributed by atoms with Gasteiger partial charge in [0, 0.05) is 0 Å². The van der Waals surface area contributed by atoms with Crippen molar-refractivity contribution < 1.29 is 7.46 Å². The second-order valence-electron chi connectivity index (χ2n) is 3.28. The molecule has 0 saturated heterocycles. The highest BCUT2D eigenvalue weighted by Gasteiger charge is 2.22. The molecule has 0 bridgehead atoms. The second kappa shape index (κ2) is 3.92. The smallest absolute Gasteiger partial charge is 0.126 e. The highest BCUT2D eigenvalue weighted by atomic mass is 127. The lowest BCUT2D eigenvalue weighted by molar-refractivity contribution is 0.255. The van der Waals surface area contributed by atoms with E-state index in [0.29, 0.717) is 0 Å². The van der Waals surface area contributed by atoms with Gasteiger partial charge in [0.2, 0.25) is 0 Å². The summed E-state index contributed by atoms with van der Waals surface area (Å²) in [4.78, 5) is 0. The summed E-state index contributed by atoms with van der Waals surface area (Å²) < 4.78 is 18.6.